The van der Waals surface area contributed by atoms with Crippen molar-refractivity contribution >= 4 is 11.9 Å². The molecule has 1 rings (SSSR count). The van der Waals surface area contributed by atoms with Crippen molar-refractivity contribution in [1.82, 2.24) is 10.6 Å². The SMILES string of the molecule is O=C(O)COCCNC(=O)CCC1CCCNC1. The standard InChI is InChI=1S/C12H22N2O4/c15-11(14-6-7-18-9-12(16)17)4-3-10-2-1-5-13-8-10/h10,13H,1-9H2,(H,14,15)(H,16,17). The van der Waals surface area contributed by atoms with Crippen LogP contribution in [0.3, 0.4) is 0 Å². The lowest BCUT2D eigenvalue weighted by Gasteiger charge is -2.22. The zero-order valence-corrected chi connectivity index (χ0v) is 10.6. The van der Waals surface area contributed by atoms with E-state index >= 15 is 0 Å². The molecular formula is C12H22N2O4. The molecule has 0 aliphatic carbocycles. The number of ether oxygens (including phenoxy) is 1. The van der Waals surface area contributed by atoms with E-state index in [-0.39, 0.29) is 19.1 Å². The highest BCUT2D eigenvalue weighted by atomic mass is 16.5. The first kappa shape index (κ1) is 14.9. The second kappa shape index (κ2) is 8.88. The Morgan fingerprint density at radius 1 is 1.44 bits per heavy atom. The van der Waals surface area contributed by atoms with Gasteiger partial charge in [-0.2, -0.15) is 0 Å². The highest BCUT2D eigenvalue weighted by molar-refractivity contribution is 5.75. The van der Waals surface area contributed by atoms with Crippen LogP contribution in [0.4, 0.5) is 0 Å². The van der Waals surface area contributed by atoms with Crippen LogP contribution in [-0.2, 0) is 14.3 Å². The molecule has 0 bridgehead atoms. The van der Waals surface area contributed by atoms with E-state index in [2.05, 4.69) is 10.6 Å². The smallest absolute Gasteiger partial charge is 0.329 e. The summed E-state index contributed by atoms with van der Waals surface area (Å²) in [4.78, 5) is 21.6. The average Bonchev–Trinajstić information content (AvgIpc) is 2.37. The molecule has 1 atom stereocenters. The monoisotopic (exact) mass is 258 g/mol. The fraction of sp³-hybridized carbons (Fsp3) is 0.833. The number of carbonyl (C=O) groups excluding carboxylic acids is 1. The molecule has 18 heavy (non-hydrogen) atoms. The normalized spacial score (nSPS) is 19.4. The molecule has 1 fully saturated rings. The van der Waals surface area contributed by atoms with Crippen LogP contribution in [0.25, 0.3) is 0 Å². The van der Waals surface area contributed by atoms with Gasteiger partial charge in [0.2, 0.25) is 5.91 Å². The highest BCUT2D eigenvalue weighted by Gasteiger charge is 2.14. The van der Waals surface area contributed by atoms with Gasteiger partial charge in [-0.25, -0.2) is 4.79 Å². The number of piperidine rings is 1. The molecule has 1 saturated heterocycles. The molecule has 0 aromatic heterocycles. The Hall–Kier alpha value is -1.14. The Bertz CT molecular complexity index is 265. The fourth-order valence-corrected chi connectivity index (χ4v) is 2.02. The summed E-state index contributed by atoms with van der Waals surface area (Å²) in [5.74, 6) is -0.376. The van der Waals surface area contributed by atoms with Crippen LogP contribution in [0.5, 0.6) is 0 Å². The maximum Gasteiger partial charge on any atom is 0.329 e. The first-order valence-corrected chi connectivity index (χ1v) is 6.45. The van der Waals surface area contributed by atoms with Gasteiger partial charge in [0.05, 0.1) is 6.61 Å². The van der Waals surface area contributed by atoms with E-state index in [0.717, 1.165) is 19.5 Å². The number of rotatable bonds is 8. The summed E-state index contributed by atoms with van der Waals surface area (Å²) in [5.41, 5.74) is 0. The van der Waals surface area contributed by atoms with E-state index in [4.69, 9.17) is 9.84 Å². The van der Waals surface area contributed by atoms with Crippen molar-refractivity contribution in [3.8, 4) is 0 Å². The largest absolute Gasteiger partial charge is 0.480 e. The Kier molecular flexibility index (Phi) is 7.36. The Morgan fingerprint density at radius 3 is 2.94 bits per heavy atom. The quantitative estimate of drug-likeness (QED) is 0.533. The van der Waals surface area contributed by atoms with Crippen molar-refractivity contribution < 1.29 is 19.4 Å². The van der Waals surface area contributed by atoms with E-state index in [1.807, 2.05) is 0 Å². The number of carboxylic acids is 1. The van der Waals surface area contributed by atoms with Crippen molar-refractivity contribution in [3.63, 3.8) is 0 Å². The first-order valence-electron chi connectivity index (χ1n) is 6.45. The molecule has 1 aliphatic rings. The number of aliphatic carboxylic acids is 1. The van der Waals surface area contributed by atoms with Crippen LogP contribution >= 0.6 is 0 Å². The molecule has 6 heteroatoms. The zero-order valence-electron chi connectivity index (χ0n) is 10.6. The lowest BCUT2D eigenvalue weighted by molar-refractivity contribution is -0.142. The van der Waals surface area contributed by atoms with Crippen LogP contribution in [0.2, 0.25) is 0 Å². The van der Waals surface area contributed by atoms with Crippen molar-refractivity contribution in [2.24, 2.45) is 5.92 Å². The minimum Gasteiger partial charge on any atom is -0.480 e. The first-order chi connectivity index (χ1) is 8.68. The van der Waals surface area contributed by atoms with Gasteiger partial charge >= 0.3 is 5.97 Å². The third kappa shape index (κ3) is 7.24. The molecule has 0 aromatic carbocycles. The van der Waals surface area contributed by atoms with Crippen LogP contribution in [0.1, 0.15) is 25.7 Å². The summed E-state index contributed by atoms with van der Waals surface area (Å²) in [6.45, 7) is 2.39. The molecule has 0 aromatic rings. The second-order valence-electron chi connectivity index (χ2n) is 4.55. The number of amides is 1. The lowest BCUT2D eigenvalue weighted by atomic mass is 9.94. The molecule has 1 aliphatic heterocycles. The number of nitrogens with one attached hydrogen (secondary N) is 2. The summed E-state index contributed by atoms with van der Waals surface area (Å²) in [5, 5.41) is 14.4. The third-order valence-electron chi connectivity index (χ3n) is 2.97. The van der Waals surface area contributed by atoms with Gasteiger partial charge in [0, 0.05) is 13.0 Å². The van der Waals surface area contributed by atoms with E-state index in [9.17, 15) is 9.59 Å². The van der Waals surface area contributed by atoms with Crippen molar-refractivity contribution in [2.75, 3.05) is 32.8 Å². The highest BCUT2D eigenvalue weighted by Crippen LogP contribution is 2.15. The molecular weight excluding hydrogens is 236 g/mol. The Labute approximate surface area is 107 Å². The lowest BCUT2D eigenvalue weighted by Crippen LogP contribution is -2.32. The number of hydrogen-bond acceptors (Lipinski definition) is 4. The van der Waals surface area contributed by atoms with Gasteiger partial charge in [-0.15, -0.1) is 0 Å². The van der Waals surface area contributed by atoms with Gasteiger partial charge in [0.1, 0.15) is 6.61 Å². The number of carboxylic acid groups (broad SMARTS) is 1. The molecule has 3 N–H and O–H groups in total. The maximum atomic E-state index is 11.5. The van der Waals surface area contributed by atoms with Gasteiger partial charge in [0.25, 0.3) is 0 Å². The van der Waals surface area contributed by atoms with E-state index in [0.29, 0.717) is 18.9 Å². The summed E-state index contributed by atoms with van der Waals surface area (Å²) >= 11 is 0. The molecule has 6 nitrogen and oxygen atoms in total. The Morgan fingerprint density at radius 2 is 2.28 bits per heavy atom. The molecule has 1 unspecified atom stereocenters. The summed E-state index contributed by atoms with van der Waals surface area (Å²) in [7, 11) is 0. The fourth-order valence-electron chi connectivity index (χ4n) is 2.02. The van der Waals surface area contributed by atoms with Crippen molar-refractivity contribution in [3.05, 3.63) is 0 Å². The summed E-state index contributed by atoms with van der Waals surface area (Å²) < 4.78 is 4.82. The number of carbonyl (C=O) groups is 2. The third-order valence-corrected chi connectivity index (χ3v) is 2.97. The van der Waals surface area contributed by atoms with Gasteiger partial charge in [0.15, 0.2) is 0 Å². The van der Waals surface area contributed by atoms with Gasteiger partial charge in [-0.1, -0.05) is 0 Å². The Balaban J connectivity index is 1.94. The second-order valence-corrected chi connectivity index (χ2v) is 4.55. The molecule has 0 radical (unpaired) electrons. The molecule has 0 spiro atoms. The summed E-state index contributed by atoms with van der Waals surface area (Å²) in [6.07, 6.45) is 3.83. The van der Waals surface area contributed by atoms with Gasteiger partial charge < -0.3 is 20.5 Å². The van der Waals surface area contributed by atoms with Crippen LogP contribution in [0.15, 0.2) is 0 Å². The topological polar surface area (TPSA) is 87.7 Å². The van der Waals surface area contributed by atoms with E-state index in [1.54, 1.807) is 0 Å². The average molecular weight is 258 g/mol. The van der Waals surface area contributed by atoms with Crippen LogP contribution in [0, 0.1) is 5.92 Å². The molecule has 1 amide bonds. The van der Waals surface area contributed by atoms with Gasteiger partial charge in [-0.3, -0.25) is 4.79 Å². The predicted octanol–water partition coefficient (Wildman–Crippen LogP) is -0.0164. The van der Waals surface area contributed by atoms with Crippen LogP contribution < -0.4 is 10.6 Å². The van der Waals surface area contributed by atoms with Crippen molar-refractivity contribution in [2.45, 2.75) is 25.7 Å². The molecule has 1 heterocycles. The zero-order chi connectivity index (χ0) is 13.2. The molecule has 0 saturated carbocycles. The number of hydrogen-bond donors (Lipinski definition) is 3. The minimum atomic E-state index is -0.994. The van der Waals surface area contributed by atoms with Crippen LogP contribution in [-0.4, -0.2) is 49.8 Å². The molecule has 104 valence electrons. The van der Waals surface area contributed by atoms with Gasteiger partial charge in [-0.05, 0) is 38.3 Å². The summed E-state index contributed by atoms with van der Waals surface area (Å²) in [6, 6.07) is 0. The maximum absolute atomic E-state index is 11.5. The minimum absolute atomic E-state index is 0.0134. The van der Waals surface area contributed by atoms with Crippen molar-refractivity contribution in [1.29, 1.82) is 0 Å². The van der Waals surface area contributed by atoms with E-state index in [1.165, 1.54) is 12.8 Å². The van der Waals surface area contributed by atoms with E-state index < -0.39 is 5.97 Å². The predicted molar refractivity (Wildman–Crippen MR) is 66.3 cm³/mol.